The Labute approximate surface area is 130 Å². The highest BCUT2D eigenvalue weighted by molar-refractivity contribution is 5.97. The molecular weight excluding hydrogens is 274 g/mol. The van der Waals surface area contributed by atoms with Gasteiger partial charge in [0.1, 0.15) is 5.75 Å². The lowest BCUT2D eigenvalue weighted by atomic mass is 9.84. The first-order chi connectivity index (χ1) is 10.8. The van der Waals surface area contributed by atoms with Crippen molar-refractivity contribution in [2.45, 2.75) is 12.3 Å². The fourth-order valence-corrected chi connectivity index (χ4v) is 2.98. The minimum atomic E-state index is -0.0312. The van der Waals surface area contributed by atoms with Crippen molar-refractivity contribution in [3.63, 3.8) is 0 Å². The van der Waals surface area contributed by atoms with E-state index in [2.05, 4.69) is 11.4 Å². The van der Waals surface area contributed by atoms with E-state index in [-0.39, 0.29) is 11.8 Å². The number of ether oxygens (including phenoxy) is 1. The van der Waals surface area contributed by atoms with Crippen LogP contribution in [0.4, 0.5) is 0 Å². The molecule has 1 atom stereocenters. The van der Waals surface area contributed by atoms with Crippen molar-refractivity contribution in [2.24, 2.45) is 0 Å². The van der Waals surface area contributed by atoms with E-state index in [1.807, 2.05) is 48.5 Å². The van der Waals surface area contributed by atoms with E-state index in [9.17, 15) is 4.79 Å². The maximum Gasteiger partial charge on any atom is 0.244 e. The van der Waals surface area contributed by atoms with Crippen molar-refractivity contribution in [3.05, 3.63) is 71.8 Å². The van der Waals surface area contributed by atoms with E-state index in [1.54, 1.807) is 13.2 Å². The van der Waals surface area contributed by atoms with Crippen LogP contribution in [0, 0.1) is 0 Å². The van der Waals surface area contributed by atoms with Crippen molar-refractivity contribution < 1.29 is 9.53 Å². The molecule has 1 heterocycles. The second-order valence-electron chi connectivity index (χ2n) is 5.34. The third-order valence-corrected chi connectivity index (χ3v) is 4.02. The highest BCUT2D eigenvalue weighted by Gasteiger charge is 2.24. The Morgan fingerprint density at radius 1 is 1.05 bits per heavy atom. The second kappa shape index (κ2) is 6.48. The minimum absolute atomic E-state index is 0.0312. The van der Waals surface area contributed by atoms with Gasteiger partial charge in [0.2, 0.25) is 5.91 Å². The smallest absolute Gasteiger partial charge is 0.244 e. The molecule has 0 aromatic heterocycles. The summed E-state index contributed by atoms with van der Waals surface area (Å²) < 4.78 is 5.52. The summed E-state index contributed by atoms with van der Waals surface area (Å²) in [5, 5.41) is 2.93. The topological polar surface area (TPSA) is 38.3 Å². The molecule has 1 aliphatic rings. The zero-order chi connectivity index (χ0) is 15.4. The summed E-state index contributed by atoms with van der Waals surface area (Å²) in [6.45, 7) is 0.661. The van der Waals surface area contributed by atoms with Crippen LogP contribution in [-0.4, -0.2) is 19.6 Å². The van der Waals surface area contributed by atoms with E-state index in [0.29, 0.717) is 6.54 Å². The highest BCUT2D eigenvalue weighted by atomic mass is 16.5. The van der Waals surface area contributed by atoms with E-state index in [0.717, 1.165) is 28.9 Å². The summed E-state index contributed by atoms with van der Waals surface area (Å²) in [5.74, 6) is 0.970. The molecule has 112 valence electrons. The second-order valence-corrected chi connectivity index (χ2v) is 5.34. The van der Waals surface area contributed by atoms with Crippen molar-refractivity contribution in [2.75, 3.05) is 13.7 Å². The molecule has 0 saturated carbocycles. The largest absolute Gasteiger partial charge is 0.496 e. The number of carbonyl (C=O) groups excluding carboxylic acids is 1. The van der Waals surface area contributed by atoms with Crippen LogP contribution < -0.4 is 10.1 Å². The van der Waals surface area contributed by atoms with Gasteiger partial charge in [-0.15, -0.1) is 0 Å². The number of para-hydroxylation sites is 1. The Morgan fingerprint density at radius 2 is 1.77 bits per heavy atom. The van der Waals surface area contributed by atoms with Gasteiger partial charge in [-0.25, -0.2) is 0 Å². The quantitative estimate of drug-likeness (QED) is 0.942. The molecule has 0 bridgehead atoms. The molecule has 1 N–H and O–H groups in total. The molecule has 3 nitrogen and oxygen atoms in total. The molecule has 0 spiro atoms. The van der Waals surface area contributed by atoms with E-state index >= 15 is 0 Å². The third kappa shape index (κ3) is 2.89. The van der Waals surface area contributed by atoms with Crippen molar-refractivity contribution in [3.8, 4) is 5.75 Å². The van der Waals surface area contributed by atoms with E-state index in [1.165, 1.54) is 0 Å². The predicted molar refractivity (Wildman–Crippen MR) is 87.8 cm³/mol. The first-order valence-corrected chi connectivity index (χ1v) is 7.47. The molecule has 0 fully saturated rings. The monoisotopic (exact) mass is 293 g/mol. The van der Waals surface area contributed by atoms with Crippen LogP contribution in [-0.2, 0) is 4.79 Å². The van der Waals surface area contributed by atoms with Gasteiger partial charge in [-0.05, 0) is 23.6 Å². The minimum Gasteiger partial charge on any atom is -0.496 e. The summed E-state index contributed by atoms with van der Waals surface area (Å²) in [6, 6.07) is 18.1. The number of hydrogen-bond donors (Lipinski definition) is 1. The van der Waals surface area contributed by atoms with Crippen LogP contribution in [0.25, 0.3) is 5.57 Å². The molecule has 0 saturated heterocycles. The standard InChI is InChI=1S/C19H19NO2/c1-22-18-10-6-5-9-16(18)15-11-12-20-19(21)13-17(15)14-7-3-2-4-8-14/h2-10,13,15H,11-12H2,1H3,(H,20,21)/t15-/m0/s1. The van der Waals surface area contributed by atoms with Gasteiger partial charge in [-0.2, -0.15) is 0 Å². The SMILES string of the molecule is COc1ccccc1[C@@H]1CCNC(=O)C=C1c1ccccc1. The lowest BCUT2D eigenvalue weighted by molar-refractivity contribution is -0.116. The van der Waals surface area contributed by atoms with Crippen LogP contribution in [0.3, 0.4) is 0 Å². The number of hydrogen-bond acceptors (Lipinski definition) is 2. The lowest BCUT2D eigenvalue weighted by Gasteiger charge is -2.21. The van der Waals surface area contributed by atoms with Gasteiger partial charge in [0.25, 0.3) is 0 Å². The fraction of sp³-hybridized carbons (Fsp3) is 0.211. The van der Waals surface area contributed by atoms with E-state index < -0.39 is 0 Å². The summed E-state index contributed by atoms with van der Waals surface area (Å²) >= 11 is 0. The van der Waals surface area contributed by atoms with Crippen LogP contribution in [0.15, 0.2) is 60.7 Å². The number of nitrogens with one attached hydrogen (secondary N) is 1. The maximum atomic E-state index is 12.0. The average Bonchev–Trinajstić information content (AvgIpc) is 2.77. The molecular formula is C19H19NO2. The Hall–Kier alpha value is -2.55. The zero-order valence-electron chi connectivity index (χ0n) is 12.6. The van der Waals surface area contributed by atoms with Crippen LogP contribution in [0.5, 0.6) is 5.75 Å². The Morgan fingerprint density at radius 3 is 2.55 bits per heavy atom. The van der Waals surface area contributed by atoms with Crippen molar-refractivity contribution >= 4 is 11.5 Å². The summed E-state index contributed by atoms with van der Waals surface area (Å²) in [7, 11) is 1.69. The molecule has 0 aliphatic carbocycles. The normalized spacial score (nSPS) is 18.1. The number of benzene rings is 2. The molecule has 3 rings (SSSR count). The lowest BCUT2D eigenvalue weighted by Crippen LogP contribution is -2.20. The van der Waals surface area contributed by atoms with Crippen LogP contribution in [0.2, 0.25) is 0 Å². The molecule has 2 aromatic rings. The van der Waals surface area contributed by atoms with Crippen molar-refractivity contribution in [1.82, 2.24) is 5.32 Å². The van der Waals surface area contributed by atoms with Gasteiger partial charge >= 0.3 is 0 Å². The molecule has 0 radical (unpaired) electrons. The number of allylic oxidation sites excluding steroid dienone is 1. The molecule has 22 heavy (non-hydrogen) atoms. The number of carbonyl (C=O) groups is 1. The van der Waals surface area contributed by atoms with E-state index in [4.69, 9.17) is 4.74 Å². The Bertz CT molecular complexity index is 692. The Kier molecular flexibility index (Phi) is 4.24. The summed E-state index contributed by atoms with van der Waals surface area (Å²) in [6.07, 6.45) is 2.58. The Balaban J connectivity index is 2.10. The molecule has 2 aromatic carbocycles. The first-order valence-electron chi connectivity index (χ1n) is 7.47. The van der Waals surface area contributed by atoms with Gasteiger partial charge in [-0.3, -0.25) is 4.79 Å². The summed E-state index contributed by atoms with van der Waals surface area (Å²) in [4.78, 5) is 12.0. The molecule has 0 unspecified atom stereocenters. The number of amides is 1. The van der Waals surface area contributed by atoms with Crippen LogP contribution in [0.1, 0.15) is 23.5 Å². The third-order valence-electron chi connectivity index (χ3n) is 4.02. The maximum absolute atomic E-state index is 12.0. The predicted octanol–water partition coefficient (Wildman–Crippen LogP) is 3.38. The van der Waals surface area contributed by atoms with Gasteiger partial charge < -0.3 is 10.1 Å². The van der Waals surface area contributed by atoms with Crippen molar-refractivity contribution in [1.29, 1.82) is 0 Å². The van der Waals surface area contributed by atoms with Crippen LogP contribution >= 0.6 is 0 Å². The van der Waals surface area contributed by atoms with Gasteiger partial charge in [0, 0.05) is 24.1 Å². The number of methoxy groups -OCH3 is 1. The number of rotatable bonds is 3. The fourth-order valence-electron chi connectivity index (χ4n) is 2.98. The van der Waals surface area contributed by atoms with Gasteiger partial charge in [0.05, 0.1) is 7.11 Å². The highest BCUT2D eigenvalue weighted by Crippen LogP contribution is 2.39. The molecule has 1 amide bonds. The zero-order valence-corrected chi connectivity index (χ0v) is 12.6. The van der Waals surface area contributed by atoms with Gasteiger partial charge in [-0.1, -0.05) is 48.5 Å². The molecule has 3 heteroatoms. The first kappa shape index (κ1) is 14.4. The molecule has 1 aliphatic heterocycles. The average molecular weight is 293 g/mol. The summed E-state index contributed by atoms with van der Waals surface area (Å²) in [5.41, 5.74) is 3.24. The van der Waals surface area contributed by atoms with Gasteiger partial charge in [0.15, 0.2) is 0 Å².